The van der Waals surface area contributed by atoms with Crippen LogP contribution < -0.4 is 4.74 Å². The van der Waals surface area contributed by atoms with Crippen LogP contribution in [0.5, 0.6) is 11.5 Å². The molecule has 0 fully saturated rings. The van der Waals surface area contributed by atoms with E-state index in [-0.39, 0.29) is 10.6 Å². The van der Waals surface area contributed by atoms with Gasteiger partial charge < -0.3 is 4.74 Å². The topological polar surface area (TPSA) is 60.4 Å². The molecule has 0 spiro atoms. The average Bonchev–Trinajstić information content (AvgIpc) is 2.45. The lowest BCUT2D eigenvalue weighted by molar-refractivity contribution is -0.138. The minimum Gasteiger partial charge on any atom is -0.456 e. The van der Waals surface area contributed by atoms with Crippen LogP contribution in [-0.4, -0.2) is 13.7 Å². The molecule has 2 aromatic rings. The summed E-state index contributed by atoms with van der Waals surface area (Å²) in [5.41, 5.74) is -1.66. The van der Waals surface area contributed by atoms with Crippen LogP contribution >= 0.6 is 22.3 Å². The van der Waals surface area contributed by atoms with Gasteiger partial charge in [0.2, 0.25) is 0 Å². The zero-order valence-electron chi connectivity index (χ0n) is 11.5. The molecule has 0 atom stereocenters. The van der Waals surface area contributed by atoms with E-state index in [2.05, 4.69) is 0 Å². The molecule has 0 bridgehead atoms. The number of hydrogen-bond donors (Lipinski definition) is 0. The first kappa shape index (κ1) is 18.6. The fraction of sp³-hybridized carbons (Fsp3) is 0.0714. The van der Waals surface area contributed by atoms with Crippen molar-refractivity contribution in [3.63, 3.8) is 0 Å². The summed E-state index contributed by atoms with van der Waals surface area (Å²) < 4.78 is 66.7. The minimum absolute atomic E-state index is 0.130. The third-order valence-electron chi connectivity index (χ3n) is 2.86. The number of alkyl halides is 3. The van der Waals surface area contributed by atoms with Gasteiger partial charge >= 0.3 is 6.18 Å². The Hall–Kier alpha value is -1.77. The zero-order chi connectivity index (χ0) is 18.1. The van der Waals surface area contributed by atoms with Gasteiger partial charge in [-0.1, -0.05) is 6.07 Å². The molecule has 24 heavy (non-hydrogen) atoms. The summed E-state index contributed by atoms with van der Waals surface area (Å²) in [6, 6.07) is 7.14. The van der Waals surface area contributed by atoms with E-state index in [4.69, 9.17) is 27.0 Å². The summed E-state index contributed by atoms with van der Waals surface area (Å²) in [5.74, 6) is -0.901. The van der Waals surface area contributed by atoms with Crippen LogP contribution in [0.25, 0.3) is 0 Å². The van der Waals surface area contributed by atoms with E-state index < -0.39 is 37.3 Å². The fourth-order valence-electron chi connectivity index (χ4n) is 1.81. The lowest BCUT2D eigenvalue weighted by atomic mass is 10.1. The molecule has 0 radical (unpaired) electrons. The predicted octanol–water partition coefficient (Wildman–Crippen LogP) is 4.80. The van der Waals surface area contributed by atoms with Crippen LogP contribution in [0.4, 0.5) is 13.2 Å². The maximum atomic E-state index is 13.1. The summed E-state index contributed by atoms with van der Waals surface area (Å²) in [6.45, 7) is 0. The minimum atomic E-state index is -4.78. The standard InChI is InChI=1S/C14H7Cl2F3O4S/c15-13(20)10-2-1-3-11(14(17,18)19)12(10)23-8-4-6-9(7-5-8)24(16,21)22/h1-7H. The molecule has 128 valence electrons. The lowest BCUT2D eigenvalue weighted by Crippen LogP contribution is -2.09. The molecule has 0 aromatic heterocycles. The number of ether oxygens (including phenoxy) is 1. The summed E-state index contributed by atoms with van der Waals surface area (Å²) in [5, 5.41) is -1.13. The van der Waals surface area contributed by atoms with E-state index in [9.17, 15) is 26.4 Å². The van der Waals surface area contributed by atoms with Gasteiger partial charge in [-0.15, -0.1) is 0 Å². The molecule has 2 rings (SSSR count). The first-order valence-electron chi connectivity index (χ1n) is 6.13. The third kappa shape index (κ3) is 4.19. The highest BCUT2D eigenvalue weighted by Gasteiger charge is 2.36. The van der Waals surface area contributed by atoms with Gasteiger partial charge in [0, 0.05) is 10.7 Å². The van der Waals surface area contributed by atoms with Crippen molar-refractivity contribution in [3.8, 4) is 11.5 Å². The third-order valence-corrected chi connectivity index (χ3v) is 4.43. The van der Waals surface area contributed by atoms with Gasteiger partial charge in [0.1, 0.15) is 5.75 Å². The van der Waals surface area contributed by atoms with E-state index in [0.717, 1.165) is 42.5 Å². The Morgan fingerprint density at radius 1 is 1.04 bits per heavy atom. The molecule has 4 nitrogen and oxygen atoms in total. The van der Waals surface area contributed by atoms with Gasteiger partial charge in [-0.25, -0.2) is 8.42 Å². The molecule has 2 aromatic carbocycles. The van der Waals surface area contributed by atoms with Gasteiger partial charge in [-0.3, -0.25) is 4.79 Å². The number of halogens is 5. The quantitative estimate of drug-likeness (QED) is 0.693. The second-order valence-corrected chi connectivity index (χ2v) is 7.37. The van der Waals surface area contributed by atoms with Gasteiger partial charge in [0.25, 0.3) is 14.3 Å². The summed E-state index contributed by atoms with van der Waals surface area (Å²) in [7, 11) is 1.16. The van der Waals surface area contributed by atoms with Crippen molar-refractivity contribution in [1.82, 2.24) is 0 Å². The number of carbonyl (C=O) groups is 1. The Labute approximate surface area is 144 Å². The Bertz CT molecular complexity index is 878. The molecule has 0 aliphatic heterocycles. The number of rotatable bonds is 4. The zero-order valence-corrected chi connectivity index (χ0v) is 13.8. The summed E-state index contributed by atoms with van der Waals surface area (Å²) in [6.07, 6.45) is -4.78. The summed E-state index contributed by atoms with van der Waals surface area (Å²) in [4.78, 5) is 11.1. The lowest BCUT2D eigenvalue weighted by Gasteiger charge is -2.16. The highest BCUT2D eigenvalue weighted by molar-refractivity contribution is 8.13. The maximum absolute atomic E-state index is 13.1. The SMILES string of the molecule is O=C(Cl)c1cccc(C(F)(F)F)c1Oc1ccc(S(=O)(=O)Cl)cc1. The molecule has 0 heterocycles. The average molecular weight is 399 g/mol. The number of para-hydroxylation sites is 1. The second kappa shape index (κ2) is 6.62. The van der Waals surface area contributed by atoms with Crippen molar-refractivity contribution in [1.29, 1.82) is 0 Å². The van der Waals surface area contributed by atoms with Gasteiger partial charge in [-0.05, 0) is 48.0 Å². The Kier molecular flexibility index (Phi) is 5.12. The monoisotopic (exact) mass is 398 g/mol. The van der Waals surface area contributed by atoms with E-state index >= 15 is 0 Å². The fourth-order valence-corrected chi connectivity index (χ4v) is 2.73. The highest BCUT2D eigenvalue weighted by atomic mass is 35.7. The van der Waals surface area contributed by atoms with Crippen LogP contribution in [0.3, 0.4) is 0 Å². The van der Waals surface area contributed by atoms with Crippen molar-refractivity contribution in [2.75, 3.05) is 0 Å². The van der Waals surface area contributed by atoms with Crippen molar-refractivity contribution < 1.29 is 31.1 Å². The Balaban J connectivity index is 2.50. The Morgan fingerprint density at radius 3 is 2.08 bits per heavy atom. The van der Waals surface area contributed by atoms with E-state index in [0.29, 0.717) is 0 Å². The maximum Gasteiger partial charge on any atom is 0.420 e. The molecule has 0 N–H and O–H groups in total. The van der Waals surface area contributed by atoms with Crippen LogP contribution in [0.1, 0.15) is 15.9 Å². The van der Waals surface area contributed by atoms with Crippen LogP contribution in [0.15, 0.2) is 47.4 Å². The molecule has 0 saturated heterocycles. The first-order chi connectivity index (χ1) is 11.0. The number of carbonyl (C=O) groups excluding carboxylic acids is 1. The molecular formula is C14H7Cl2F3O4S. The van der Waals surface area contributed by atoms with Crippen LogP contribution in [0.2, 0.25) is 0 Å². The Morgan fingerprint density at radius 2 is 1.62 bits per heavy atom. The van der Waals surface area contributed by atoms with Gasteiger partial charge in [0.15, 0.2) is 5.75 Å². The molecule has 10 heteroatoms. The molecule has 0 saturated carbocycles. The predicted molar refractivity (Wildman–Crippen MR) is 81.2 cm³/mol. The van der Waals surface area contributed by atoms with Crippen molar-refractivity contribution >= 4 is 36.6 Å². The van der Waals surface area contributed by atoms with E-state index in [1.165, 1.54) is 0 Å². The van der Waals surface area contributed by atoms with Gasteiger partial charge in [0.05, 0.1) is 16.0 Å². The van der Waals surface area contributed by atoms with Crippen LogP contribution in [0, 0.1) is 0 Å². The molecule has 0 aliphatic carbocycles. The van der Waals surface area contributed by atoms with Crippen molar-refractivity contribution in [2.24, 2.45) is 0 Å². The second-order valence-electron chi connectivity index (χ2n) is 4.47. The smallest absolute Gasteiger partial charge is 0.420 e. The normalized spacial score (nSPS) is 12.0. The van der Waals surface area contributed by atoms with Crippen LogP contribution in [-0.2, 0) is 15.2 Å². The largest absolute Gasteiger partial charge is 0.456 e. The van der Waals surface area contributed by atoms with E-state index in [1.807, 2.05) is 0 Å². The first-order valence-corrected chi connectivity index (χ1v) is 8.81. The summed E-state index contributed by atoms with van der Waals surface area (Å²) >= 11 is 5.30. The molecular weight excluding hydrogens is 392 g/mol. The number of hydrogen-bond acceptors (Lipinski definition) is 4. The molecule has 0 amide bonds. The number of benzene rings is 2. The highest BCUT2D eigenvalue weighted by Crippen LogP contribution is 2.40. The van der Waals surface area contributed by atoms with Gasteiger partial charge in [-0.2, -0.15) is 13.2 Å². The molecule has 0 aliphatic rings. The van der Waals surface area contributed by atoms with Crippen molar-refractivity contribution in [2.45, 2.75) is 11.1 Å². The molecule has 0 unspecified atom stereocenters. The van der Waals surface area contributed by atoms with E-state index in [1.54, 1.807) is 0 Å². The van der Waals surface area contributed by atoms with Crippen molar-refractivity contribution in [3.05, 3.63) is 53.6 Å².